The molecule has 0 radical (unpaired) electrons. The number of fused-ring (bicyclic) bond motifs is 2. The smallest absolute Gasteiger partial charge is 0.251 e. The first-order valence-corrected chi connectivity index (χ1v) is 9.74. The summed E-state index contributed by atoms with van der Waals surface area (Å²) in [7, 11) is 0. The molecule has 2 amide bonds. The van der Waals surface area contributed by atoms with Gasteiger partial charge in [-0.2, -0.15) is 0 Å². The third-order valence-corrected chi connectivity index (χ3v) is 6.05. The summed E-state index contributed by atoms with van der Waals surface area (Å²) >= 11 is 5.81. The average molecular weight is 363 g/mol. The molecule has 1 aromatic carbocycles. The van der Waals surface area contributed by atoms with Crippen molar-refractivity contribution in [3.63, 3.8) is 0 Å². The number of rotatable bonds is 7. The van der Waals surface area contributed by atoms with E-state index in [0.717, 1.165) is 11.8 Å². The molecule has 0 aliphatic heterocycles. The van der Waals surface area contributed by atoms with E-state index in [-0.39, 0.29) is 17.9 Å². The van der Waals surface area contributed by atoms with Crippen LogP contribution in [-0.4, -0.2) is 24.4 Å². The number of amides is 2. The second kappa shape index (κ2) is 8.22. The predicted octanol–water partition coefficient (Wildman–Crippen LogP) is 3.79. The lowest BCUT2D eigenvalue weighted by atomic mass is 9.84. The standard InChI is InChI=1S/C20H27ClN2O2/c1-13(18-12-14-4-5-16(18)11-14)23-19(24)3-2-10-22-20(25)15-6-8-17(21)9-7-15/h6-9,13-14,16,18H,2-5,10-12H2,1H3,(H,22,25)(H,23,24)/t13-,14+,16+,18-/m0/s1. The molecule has 2 aliphatic rings. The maximum Gasteiger partial charge on any atom is 0.251 e. The van der Waals surface area contributed by atoms with Crippen LogP contribution in [0.4, 0.5) is 0 Å². The van der Waals surface area contributed by atoms with Crippen molar-refractivity contribution >= 4 is 23.4 Å². The maximum atomic E-state index is 12.1. The van der Waals surface area contributed by atoms with Crippen molar-refractivity contribution in [1.82, 2.24) is 10.6 Å². The van der Waals surface area contributed by atoms with Gasteiger partial charge in [-0.15, -0.1) is 0 Å². The van der Waals surface area contributed by atoms with Crippen molar-refractivity contribution < 1.29 is 9.59 Å². The SMILES string of the molecule is C[C@H](NC(=O)CCCNC(=O)c1ccc(Cl)cc1)[C@@H]1C[C@@H]2CC[C@@H]1C2. The molecule has 1 aromatic rings. The fourth-order valence-corrected chi connectivity index (χ4v) is 4.62. The molecular weight excluding hydrogens is 336 g/mol. The lowest BCUT2D eigenvalue weighted by Gasteiger charge is -2.28. The van der Waals surface area contributed by atoms with E-state index >= 15 is 0 Å². The third kappa shape index (κ3) is 4.75. The molecule has 2 N–H and O–H groups in total. The number of carbonyl (C=O) groups is 2. The Bertz CT molecular complexity index is 617. The molecule has 2 fully saturated rings. The van der Waals surface area contributed by atoms with Crippen LogP contribution in [0.15, 0.2) is 24.3 Å². The first kappa shape index (κ1) is 18.2. The Morgan fingerprint density at radius 1 is 1.20 bits per heavy atom. The molecule has 0 unspecified atom stereocenters. The molecule has 2 saturated carbocycles. The van der Waals surface area contributed by atoms with Crippen molar-refractivity contribution in [2.45, 2.75) is 51.5 Å². The molecule has 5 heteroatoms. The Morgan fingerprint density at radius 3 is 2.60 bits per heavy atom. The van der Waals surface area contributed by atoms with Gasteiger partial charge in [-0.3, -0.25) is 9.59 Å². The monoisotopic (exact) mass is 362 g/mol. The molecule has 4 nitrogen and oxygen atoms in total. The van der Waals surface area contributed by atoms with Gasteiger partial charge in [0.25, 0.3) is 5.91 Å². The van der Waals surface area contributed by atoms with Gasteiger partial charge in [0.1, 0.15) is 0 Å². The van der Waals surface area contributed by atoms with Crippen LogP contribution in [0.3, 0.4) is 0 Å². The van der Waals surface area contributed by atoms with Gasteiger partial charge in [0.15, 0.2) is 0 Å². The zero-order valence-corrected chi connectivity index (χ0v) is 15.5. The Morgan fingerprint density at radius 2 is 1.96 bits per heavy atom. The van der Waals surface area contributed by atoms with E-state index in [9.17, 15) is 9.59 Å². The Kier molecular flexibility index (Phi) is 6.00. The number of hydrogen-bond donors (Lipinski definition) is 2. The second-order valence-electron chi connectivity index (χ2n) is 7.56. The van der Waals surface area contributed by atoms with E-state index in [1.165, 1.54) is 25.7 Å². The molecule has 0 aromatic heterocycles. The van der Waals surface area contributed by atoms with Gasteiger partial charge in [0, 0.05) is 29.6 Å². The van der Waals surface area contributed by atoms with E-state index in [2.05, 4.69) is 17.6 Å². The van der Waals surface area contributed by atoms with E-state index in [1.54, 1.807) is 24.3 Å². The van der Waals surface area contributed by atoms with Crippen LogP contribution in [0.1, 0.15) is 55.8 Å². The third-order valence-electron chi connectivity index (χ3n) is 5.80. The van der Waals surface area contributed by atoms with E-state index in [1.807, 2.05) is 0 Å². The minimum Gasteiger partial charge on any atom is -0.353 e. The molecule has 3 rings (SSSR count). The lowest BCUT2D eigenvalue weighted by Crippen LogP contribution is -2.40. The first-order chi connectivity index (χ1) is 12.0. The Hall–Kier alpha value is -1.55. The number of hydrogen-bond acceptors (Lipinski definition) is 2. The summed E-state index contributed by atoms with van der Waals surface area (Å²) in [6, 6.07) is 7.05. The van der Waals surface area contributed by atoms with Crippen LogP contribution in [-0.2, 0) is 4.79 Å². The Balaban J connectivity index is 1.32. The van der Waals surface area contributed by atoms with Crippen LogP contribution in [0, 0.1) is 17.8 Å². The molecule has 2 bridgehead atoms. The number of benzene rings is 1. The first-order valence-electron chi connectivity index (χ1n) is 9.36. The number of halogens is 1. The van der Waals surface area contributed by atoms with Crippen molar-refractivity contribution in [1.29, 1.82) is 0 Å². The minimum absolute atomic E-state index is 0.0935. The van der Waals surface area contributed by atoms with Crippen LogP contribution < -0.4 is 10.6 Å². The average Bonchev–Trinajstić information content (AvgIpc) is 3.22. The minimum atomic E-state index is -0.132. The fourth-order valence-electron chi connectivity index (χ4n) is 4.49. The zero-order chi connectivity index (χ0) is 17.8. The highest BCUT2D eigenvalue weighted by atomic mass is 35.5. The van der Waals surface area contributed by atoms with Gasteiger partial charge >= 0.3 is 0 Å². The van der Waals surface area contributed by atoms with Gasteiger partial charge in [-0.05, 0) is 74.6 Å². The van der Waals surface area contributed by atoms with Crippen LogP contribution in [0.5, 0.6) is 0 Å². The molecule has 25 heavy (non-hydrogen) atoms. The highest BCUT2D eigenvalue weighted by molar-refractivity contribution is 6.30. The van der Waals surface area contributed by atoms with Crippen LogP contribution in [0.25, 0.3) is 0 Å². The lowest BCUT2D eigenvalue weighted by molar-refractivity contribution is -0.122. The topological polar surface area (TPSA) is 58.2 Å². The summed E-state index contributed by atoms with van der Waals surface area (Å²) in [5.74, 6) is 2.34. The normalized spacial score (nSPS) is 25.6. The highest BCUT2D eigenvalue weighted by Crippen LogP contribution is 2.49. The van der Waals surface area contributed by atoms with Crippen LogP contribution >= 0.6 is 11.6 Å². The molecule has 0 heterocycles. The van der Waals surface area contributed by atoms with Crippen molar-refractivity contribution in [3.05, 3.63) is 34.9 Å². The summed E-state index contributed by atoms with van der Waals surface area (Å²) in [5, 5.41) is 6.62. The Labute approximate surface area is 154 Å². The quantitative estimate of drug-likeness (QED) is 0.725. The zero-order valence-electron chi connectivity index (χ0n) is 14.8. The van der Waals surface area contributed by atoms with Gasteiger partial charge in [-0.1, -0.05) is 18.0 Å². The van der Waals surface area contributed by atoms with Crippen LogP contribution in [0.2, 0.25) is 5.02 Å². The van der Waals surface area contributed by atoms with Crippen molar-refractivity contribution in [2.75, 3.05) is 6.54 Å². The number of carbonyl (C=O) groups excluding carboxylic acids is 2. The second-order valence-corrected chi connectivity index (χ2v) is 8.00. The predicted molar refractivity (Wildman–Crippen MR) is 99.6 cm³/mol. The molecule has 0 spiro atoms. The fraction of sp³-hybridized carbons (Fsp3) is 0.600. The largest absolute Gasteiger partial charge is 0.353 e. The van der Waals surface area contributed by atoms with Gasteiger partial charge < -0.3 is 10.6 Å². The molecular formula is C20H27ClN2O2. The van der Waals surface area contributed by atoms with Gasteiger partial charge in [-0.25, -0.2) is 0 Å². The molecule has 136 valence electrons. The number of nitrogens with one attached hydrogen (secondary N) is 2. The molecule has 0 saturated heterocycles. The molecule has 2 aliphatic carbocycles. The maximum absolute atomic E-state index is 12.1. The summed E-state index contributed by atoms with van der Waals surface area (Å²) in [6.45, 7) is 2.64. The molecule has 4 atom stereocenters. The highest BCUT2D eigenvalue weighted by Gasteiger charge is 2.41. The van der Waals surface area contributed by atoms with E-state index in [0.29, 0.717) is 35.9 Å². The van der Waals surface area contributed by atoms with E-state index in [4.69, 9.17) is 11.6 Å². The summed E-state index contributed by atoms with van der Waals surface area (Å²) in [4.78, 5) is 24.1. The summed E-state index contributed by atoms with van der Waals surface area (Å²) in [5.41, 5.74) is 0.582. The summed E-state index contributed by atoms with van der Waals surface area (Å²) in [6.07, 6.45) is 6.47. The van der Waals surface area contributed by atoms with Gasteiger partial charge in [0.2, 0.25) is 5.91 Å². The van der Waals surface area contributed by atoms with Gasteiger partial charge in [0.05, 0.1) is 0 Å². The van der Waals surface area contributed by atoms with E-state index < -0.39 is 0 Å². The van der Waals surface area contributed by atoms with Crippen molar-refractivity contribution in [2.24, 2.45) is 17.8 Å². The van der Waals surface area contributed by atoms with Crippen molar-refractivity contribution in [3.8, 4) is 0 Å². The summed E-state index contributed by atoms with van der Waals surface area (Å²) < 4.78 is 0.